The van der Waals surface area contributed by atoms with Crippen molar-refractivity contribution in [2.24, 2.45) is 0 Å². The van der Waals surface area contributed by atoms with Crippen LogP contribution in [-0.2, 0) is 6.61 Å². The number of rotatable bonds is 6. The number of aryl methyl sites for hydroxylation is 1. The van der Waals surface area contributed by atoms with Gasteiger partial charge in [0.15, 0.2) is 11.5 Å². The average molecular weight is 387 g/mol. The number of para-hydroxylation sites is 1. The summed E-state index contributed by atoms with van der Waals surface area (Å²) in [6, 6.07) is 16.1. The van der Waals surface area contributed by atoms with Crippen molar-refractivity contribution in [1.29, 1.82) is 0 Å². The van der Waals surface area contributed by atoms with Crippen molar-refractivity contribution in [2.75, 3.05) is 0 Å². The highest BCUT2D eigenvalue weighted by Crippen LogP contribution is 2.33. The van der Waals surface area contributed by atoms with Crippen molar-refractivity contribution in [1.82, 2.24) is 0 Å². The fourth-order valence-corrected chi connectivity index (χ4v) is 2.80. The maximum Gasteiger partial charge on any atom is 0.185 e. The molecule has 3 aromatic rings. The van der Waals surface area contributed by atoms with E-state index in [0.717, 1.165) is 5.56 Å². The Balaban J connectivity index is 1.62. The molecule has 0 saturated carbocycles. The number of ketones is 1. The predicted molar refractivity (Wildman–Crippen MR) is 104 cm³/mol. The average Bonchev–Trinajstić information content (AvgIpc) is 3.08. The molecule has 5 heteroatoms. The van der Waals surface area contributed by atoms with E-state index in [1.807, 2.05) is 19.1 Å². The first kappa shape index (κ1) is 18.3. The molecule has 0 saturated heterocycles. The molecule has 1 aromatic heterocycles. The lowest BCUT2D eigenvalue weighted by Crippen LogP contribution is -1.95. The van der Waals surface area contributed by atoms with Crippen LogP contribution in [0.2, 0.25) is 10.0 Å². The second-order valence-corrected chi connectivity index (χ2v) is 6.52. The van der Waals surface area contributed by atoms with Crippen LogP contribution in [0.1, 0.15) is 27.4 Å². The van der Waals surface area contributed by atoms with Crippen molar-refractivity contribution in [2.45, 2.75) is 13.5 Å². The van der Waals surface area contributed by atoms with Gasteiger partial charge in [-0.1, -0.05) is 59.1 Å². The van der Waals surface area contributed by atoms with Gasteiger partial charge in [0.05, 0.1) is 10.0 Å². The third kappa shape index (κ3) is 4.57. The summed E-state index contributed by atoms with van der Waals surface area (Å²) in [5, 5.41) is 0.876. The monoisotopic (exact) mass is 386 g/mol. The number of ether oxygens (including phenoxy) is 1. The molecular formula is C21H16Cl2O3. The minimum atomic E-state index is -0.0814. The van der Waals surface area contributed by atoms with Gasteiger partial charge in [0, 0.05) is 5.56 Å². The van der Waals surface area contributed by atoms with E-state index in [9.17, 15) is 4.79 Å². The van der Waals surface area contributed by atoms with Gasteiger partial charge in [-0.05, 0) is 43.3 Å². The van der Waals surface area contributed by atoms with E-state index in [1.165, 1.54) is 6.08 Å². The first-order valence-corrected chi connectivity index (χ1v) is 8.73. The summed E-state index contributed by atoms with van der Waals surface area (Å²) < 4.78 is 11.3. The molecule has 3 rings (SSSR count). The Hall–Kier alpha value is -2.49. The molecule has 26 heavy (non-hydrogen) atoms. The number of carbonyl (C=O) groups excluding carboxylic acids is 1. The molecule has 0 unspecified atom stereocenters. The molecule has 0 radical (unpaired) electrons. The van der Waals surface area contributed by atoms with Crippen LogP contribution < -0.4 is 4.74 Å². The lowest BCUT2D eigenvalue weighted by atomic mass is 10.1. The number of halogens is 2. The fourth-order valence-electron chi connectivity index (χ4n) is 2.30. The zero-order valence-electron chi connectivity index (χ0n) is 14.0. The van der Waals surface area contributed by atoms with Gasteiger partial charge in [-0.25, -0.2) is 0 Å². The maximum atomic E-state index is 12.1. The SMILES string of the molecule is Cc1ccc(C(=O)/C=C/c2ccc(COc3c(Cl)cccc3Cl)o2)cc1. The van der Waals surface area contributed by atoms with Gasteiger partial charge in [0.1, 0.15) is 18.1 Å². The number of hydrogen-bond acceptors (Lipinski definition) is 3. The highest BCUT2D eigenvalue weighted by Gasteiger charge is 2.08. The molecule has 0 aliphatic heterocycles. The van der Waals surface area contributed by atoms with Crippen molar-refractivity contribution in [3.63, 3.8) is 0 Å². The van der Waals surface area contributed by atoms with Crippen LogP contribution in [0, 0.1) is 6.92 Å². The molecule has 3 nitrogen and oxygen atoms in total. The van der Waals surface area contributed by atoms with Crippen LogP contribution in [0.25, 0.3) is 6.08 Å². The van der Waals surface area contributed by atoms with Crippen molar-refractivity contribution in [3.8, 4) is 5.75 Å². The van der Waals surface area contributed by atoms with E-state index in [4.69, 9.17) is 32.4 Å². The summed E-state index contributed by atoms with van der Waals surface area (Å²) in [5.74, 6) is 1.50. The van der Waals surface area contributed by atoms with Gasteiger partial charge < -0.3 is 9.15 Å². The van der Waals surface area contributed by atoms with Crippen LogP contribution in [0.3, 0.4) is 0 Å². The Kier molecular flexibility index (Phi) is 5.82. The summed E-state index contributed by atoms with van der Waals surface area (Å²) in [4.78, 5) is 12.1. The summed E-state index contributed by atoms with van der Waals surface area (Å²) in [6.45, 7) is 2.16. The van der Waals surface area contributed by atoms with Crippen molar-refractivity contribution < 1.29 is 13.9 Å². The molecular weight excluding hydrogens is 371 g/mol. The molecule has 0 aliphatic carbocycles. The van der Waals surface area contributed by atoms with Crippen LogP contribution in [-0.4, -0.2) is 5.78 Å². The van der Waals surface area contributed by atoms with Gasteiger partial charge in [0.25, 0.3) is 0 Å². The highest BCUT2D eigenvalue weighted by molar-refractivity contribution is 6.37. The van der Waals surface area contributed by atoms with E-state index in [1.54, 1.807) is 48.5 Å². The predicted octanol–water partition coefficient (Wildman–Crippen LogP) is 6.37. The molecule has 0 bridgehead atoms. The summed E-state index contributed by atoms with van der Waals surface area (Å²) in [6.07, 6.45) is 3.12. The fraction of sp³-hybridized carbons (Fsp3) is 0.0952. The van der Waals surface area contributed by atoms with Crippen LogP contribution >= 0.6 is 23.2 Å². The Bertz CT molecular complexity index is 920. The highest BCUT2D eigenvalue weighted by atomic mass is 35.5. The third-order valence-electron chi connectivity index (χ3n) is 3.70. The lowest BCUT2D eigenvalue weighted by molar-refractivity contribution is 0.104. The minimum absolute atomic E-state index is 0.0814. The third-order valence-corrected chi connectivity index (χ3v) is 4.29. The Morgan fingerprint density at radius 3 is 2.42 bits per heavy atom. The van der Waals surface area contributed by atoms with Crippen LogP contribution in [0.4, 0.5) is 0 Å². The Morgan fingerprint density at radius 1 is 1.04 bits per heavy atom. The number of hydrogen-bond donors (Lipinski definition) is 0. The van der Waals surface area contributed by atoms with E-state index >= 15 is 0 Å². The number of benzene rings is 2. The molecule has 132 valence electrons. The topological polar surface area (TPSA) is 39.4 Å². The van der Waals surface area contributed by atoms with E-state index in [-0.39, 0.29) is 12.4 Å². The van der Waals surface area contributed by atoms with Crippen LogP contribution in [0.5, 0.6) is 5.75 Å². The molecule has 0 fully saturated rings. The minimum Gasteiger partial charge on any atom is -0.483 e. The first-order valence-electron chi connectivity index (χ1n) is 7.97. The quantitative estimate of drug-likeness (QED) is 0.364. The summed E-state index contributed by atoms with van der Waals surface area (Å²) >= 11 is 12.1. The van der Waals surface area contributed by atoms with Crippen molar-refractivity contribution >= 4 is 35.1 Å². The Labute approximate surface area is 161 Å². The van der Waals surface area contributed by atoms with E-state index in [0.29, 0.717) is 32.9 Å². The molecule has 0 spiro atoms. The second kappa shape index (κ2) is 8.26. The van der Waals surface area contributed by atoms with E-state index < -0.39 is 0 Å². The molecule has 0 N–H and O–H groups in total. The normalized spacial score (nSPS) is 11.0. The van der Waals surface area contributed by atoms with Crippen molar-refractivity contribution in [3.05, 3.63) is 93.4 Å². The first-order chi connectivity index (χ1) is 12.5. The number of allylic oxidation sites excluding steroid dienone is 1. The second-order valence-electron chi connectivity index (χ2n) is 5.71. The molecule has 0 atom stereocenters. The molecule has 0 amide bonds. The van der Waals surface area contributed by atoms with Crippen LogP contribution in [0.15, 0.2) is 65.1 Å². The molecule has 1 heterocycles. The number of furan rings is 1. The van der Waals surface area contributed by atoms with Gasteiger partial charge in [-0.15, -0.1) is 0 Å². The zero-order chi connectivity index (χ0) is 18.5. The summed E-state index contributed by atoms with van der Waals surface area (Å²) in [5.41, 5.74) is 1.75. The molecule has 0 aliphatic rings. The van der Waals surface area contributed by atoms with E-state index in [2.05, 4.69) is 0 Å². The maximum absolute atomic E-state index is 12.1. The Morgan fingerprint density at radius 2 is 1.73 bits per heavy atom. The molecule has 2 aromatic carbocycles. The largest absolute Gasteiger partial charge is 0.483 e. The number of carbonyl (C=O) groups is 1. The zero-order valence-corrected chi connectivity index (χ0v) is 15.6. The van der Waals surface area contributed by atoms with Gasteiger partial charge in [-0.3, -0.25) is 4.79 Å². The van der Waals surface area contributed by atoms with Gasteiger partial charge >= 0.3 is 0 Å². The standard InChI is InChI=1S/C21H16Cl2O3/c1-14-5-7-15(8-6-14)20(24)12-11-16-9-10-17(26-16)13-25-21-18(22)3-2-4-19(21)23/h2-12H,13H2,1H3/b12-11+. The lowest BCUT2D eigenvalue weighted by Gasteiger charge is -2.07. The smallest absolute Gasteiger partial charge is 0.185 e. The van der Waals surface area contributed by atoms with Gasteiger partial charge in [-0.2, -0.15) is 0 Å². The summed E-state index contributed by atoms with van der Waals surface area (Å²) in [7, 11) is 0. The van der Waals surface area contributed by atoms with Gasteiger partial charge in [0.2, 0.25) is 0 Å².